The van der Waals surface area contributed by atoms with Crippen molar-refractivity contribution in [3.63, 3.8) is 0 Å². The van der Waals surface area contributed by atoms with Crippen LogP contribution in [0.2, 0.25) is 0 Å². The second-order valence-electron chi connectivity index (χ2n) is 6.88. The zero-order valence-electron chi connectivity index (χ0n) is 13.6. The van der Waals surface area contributed by atoms with Gasteiger partial charge in [0.05, 0.1) is 12.6 Å². The SMILES string of the molecule is CC1(C)NC(=O)N(C[C@H](O)CN2CCc3ccccc3C2)C1=O. The summed E-state index contributed by atoms with van der Waals surface area (Å²) in [6.07, 6.45) is 0.211. The highest BCUT2D eigenvalue weighted by Gasteiger charge is 2.44. The zero-order valence-corrected chi connectivity index (χ0v) is 13.6. The second kappa shape index (κ2) is 5.94. The van der Waals surface area contributed by atoms with Crippen LogP contribution in [0.1, 0.15) is 25.0 Å². The van der Waals surface area contributed by atoms with Gasteiger partial charge in [0, 0.05) is 19.6 Å². The van der Waals surface area contributed by atoms with Crippen molar-refractivity contribution in [2.75, 3.05) is 19.6 Å². The number of urea groups is 1. The minimum absolute atomic E-state index is 0.0340. The van der Waals surface area contributed by atoms with Gasteiger partial charge in [0.2, 0.25) is 0 Å². The molecule has 0 bridgehead atoms. The van der Waals surface area contributed by atoms with Crippen LogP contribution in [0.25, 0.3) is 0 Å². The monoisotopic (exact) mass is 317 g/mol. The average molecular weight is 317 g/mol. The number of benzene rings is 1. The number of imide groups is 1. The first-order valence-corrected chi connectivity index (χ1v) is 7.98. The maximum atomic E-state index is 12.1. The van der Waals surface area contributed by atoms with Gasteiger partial charge in [-0.15, -0.1) is 0 Å². The van der Waals surface area contributed by atoms with Gasteiger partial charge in [-0.3, -0.25) is 14.6 Å². The van der Waals surface area contributed by atoms with Gasteiger partial charge in [0.1, 0.15) is 5.54 Å². The summed E-state index contributed by atoms with van der Waals surface area (Å²) in [6, 6.07) is 7.88. The van der Waals surface area contributed by atoms with Gasteiger partial charge in [0.25, 0.3) is 5.91 Å². The molecule has 2 aliphatic heterocycles. The molecule has 1 atom stereocenters. The smallest absolute Gasteiger partial charge is 0.325 e. The van der Waals surface area contributed by atoms with Gasteiger partial charge in [0.15, 0.2) is 0 Å². The summed E-state index contributed by atoms with van der Waals surface area (Å²) in [7, 11) is 0. The lowest BCUT2D eigenvalue weighted by molar-refractivity contribution is -0.131. The molecule has 0 radical (unpaired) electrons. The van der Waals surface area contributed by atoms with Gasteiger partial charge >= 0.3 is 6.03 Å². The molecule has 0 spiro atoms. The summed E-state index contributed by atoms with van der Waals surface area (Å²) in [5.41, 5.74) is 1.75. The lowest BCUT2D eigenvalue weighted by atomic mass is 10.00. The van der Waals surface area contributed by atoms with Crippen LogP contribution in [0.4, 0.5) is 4.79 Å². The Kier molecular flexibility index (Phi) is 4.12. The Morgan fingerprint density at radius 2 is 1.91 bits per heavy atom. The number of nitrogens with one attached hydrogen (secondary N) is 1. The van der Waals surface area contributed by atoms with E-state index < -0.39 is 17.7 Å². The van der Waals surface area contributed by atoms with Crippen LogP contribution >= 0.6 is 0 Å². The molecule has 1 saturated heterocycles. The Hall–Kier alpha value is -1.92. The number of aliphatic hydroxyl groups is 1. The molecule has 0 unspecified atom stereocenters. The third kappa shape index (κ3) is 3.23. The number of hydrogen-bond donors (Lipinski definition) is 2. The van der Waals surface area contributed by atoms with E-state index in [1.54, 1.807) is 13.8 Å². The van der Waals surface area contributed by atoms with Crippen LogP contribution in [0.3, 0.4) is 0 Å². The zero-order chi connectivity index (χ0) is 16.6. The van der Waals surface area contributed by atoms with Crippen molar-refractivity contribution in [1.82, 2.24) is 15.1 Å². The fraction of sp³-hybridized carbons (Fsp3) is 0.529. The molecule has 0 saturated carbocycles. The van der Waals surface area contributed by atoms with Crippen LogP contribution in [-0.2, 0) is 17.8 Å². The highest BCUT2D eigenvalue weighted by molar-refractivity contribution is 6.06. The minimum atomic E-state index is -0.888. The van der Waals surface area contributed by atoms with Crippen LogP contribution in [0, 0.1) is 0 Å². The number of amides is 3. The minimum Gasteiger partial charge on any atom is -0.390 e. The van der Waals surface area contributed by atoms with Gasteiger partial charge in [-0.2, -0.15) is 0 Å². The molecule has 6 heteroatoms. The Bertz CT molecular complexity index is 629. The first-order chi connectivity index (χ1) is 10.9. The van der Waals surface area contributed by atoms with Crippen molar-refractivity contribution in [2.45, 2.75) is 38.5 Å². The third-order valence-corrected chi connectivity index (χ3v) is 4.52. The number of aliphatic hydroxyl groups excluding tert-OH is 1. The molecule has 3 rings (SSSR count). The van der Waals surface area contributed by atoms with Crippen molar-refractivity contribution in [2.24, 2.45) is 0 Å². The Balaban J connectivity index is 1.57. The van der Waals surface area contributed by atoms with E-state index in [9.17, 15) is 14.7 Å². The highest BCUT2D eigenvalue weighted by atomic mass is 16.3. The molecule has 124 valence electrons. The van der Waals surface area contributed by atoms with Crippen molar-refractivity contribution < 1.29 is 14.7 Å². The number of hydrogen-bond acceptors (Lipinski definition) is 4. The van der Waals surface area contributed by atoms with Gasteiger partial charge in [-0.05, 0) is 31.4 Å². The topological polar surface area (TPSA) is 72.9 Å². The van der Waals surface area contributed by atoms with E-state index in [0.717, 1.165) is 24.4 Å². The van der Waals surface area contributed by atoms with Crippen LogP contribution in [0.15, 0.2) is 24.3 Å². The van der Waals surface area contributed by atoms with Crippen LogP contribution in [0.5, 0.6) is 0 Å². The molecule has 1 fully saturated rings. The lowest BCUT2D eigenvalue weighted by Crippen LogP contribution is -2.45. The van der Waals surface area contributed by atoms with E-state index in [2.05, 4.69) is 22.3 Å². The molecule has 6 nitrogen and oxygen atoms in total. The standard InChI is InChI=1S/C17H23N3O3/c1-17(2)15(22)20(16(23)18-17)11-14(21)10-19-8-7-12-5-3-4-6-13(12)9-19/h3-6,14,21H,7-11H2,1-2H3,(H,18,23)/t14-/m1/s1. The van der Waals surface area contributed by atoms with Crippen LogP contribution in [-0.4, -0.2) is 58.1 Å². The molecule has 0 aliphatic carbocycles. The Labute approximate surface area is 136 Å². The normalized spacial score (nSPS) is 22.0. The van der Waals surface area contributed by atoms with Crippen molar-refractivity contribution in [3.05, 3.63) is 35.4 Å². The lowest BCUT2D eigenvalue weighted by Gasteiger charge is -2.31. The summed E-state index contributed by atoms with van der Waals surface area (Å²) in [6.45, 7) is 5.49. The average Bonchev–Trinajstić information content (AvgIpc) is 2.69. The molecule has 2 aliphatic rings. The van der Waals surface area contributed by atoms with Gasteiger partial charge < -0.3 is 10.4 Å². The predicted octanol–water partition coefficient (Wildman–Crippen LogP) is 0.736. The molecule has 1 aromatic rings. The quantitative estimate of drug-likeness (QED) is 0.803. The molecule has 2 heterocycles. The molecule has 2 N–H and O–H groups in total. The molecule has 3 amide bonds. The Morgan fingerprint density at radius 1 is 1.22 bits per heavy atom. The molecule has 1 aromatic carbocycles. The first-order valence-electron chi connectivity index (χ1n) is 7.98. The van der Waals surface area contributed by atoms with Gasteiger partial charge in [-0.1, -0.05) is 24.3 Å². The molecule has 23 heavy (non-hydrogen) atoms. The van der Waals surface area contributed by atoms with Crippen LogP contribution < -0.4 is 5.32 Å². The Morgan fingerprint density at radius 3 is 2.57 bits per heavy atom. The number of nitrogens with zero attached hydrogens (tertiary/aromatic N) is 2. The number of carbonyl (C=O) groups excluding carboxylic acids is 2. The number of rotatable bonds is 4. The molecular formula is C17H23N3O3. The van der Waals surface area contributed by atoms with E-state index in [4.69, 9.17) is 0 Å². The largest absolute Gasteiger partial charge is 0.390 e. The summed E-state index contributed by atoms with van der Waals surface area (Å²) < 4.78 is 0. The first kappa shape index (κ1) is 16.0. The van der Waals surface area contributed by atoms with E-state index >= 15 is 0 Å². The third-order valence-electron chi connectivity index (χ3n) is 4.52. The van der Waals surface area contributed by atoms with E-state index in [1.165, 1.54) is 11.1 Å². The maximum absolute atomic E-state index is 12.1. The van der Waals surface area contributed by atoms with Crippen molar-refractivity contribution in [1.29, 1.82) is 0 Å². The van der Waals surface area contributed by atoms with Crippen molar-refractivity contribution in [3.8, 4) is 0 Å². The summed E-state index contributed by atoms with van der Waals surface area (Å²) in [5, 5.41) is 12.9. The highest BCUT2D eigenvalue weighted by Crippen LogP contribution is 2.20. The second-order valence-corrected chi connectivity index (χ2v) is 6.88. The summed E-state index contributed by atoms with van der Waals surface area (Å²) in [4.78, 5) is 27.3. The number of carbonyl (C=O) groups is 2. The fourth-order valence-corrected chi connectivity index (χ4v) is 3.26. The van der Waals surface area contributed by atoms with E-state index in [0.29, 0.717) is 6.54 Å². The summed E-state index contributed by atoms with van der Waals surface area (Å²) >= 11 is 0. The predicted molar refractivity (Wildman–Crippen MR) is 85.8 cm³/mol. The van der Waals surface area contributed by atoms with E-state index in [-0.39, 0.29) is 12.5 Å². The maximum Gasteiger partial charge on any atom is 0.325 e. The fourth-order valence-electron chi connectivity index (χ4n) is 3.26. The molecular weight excluding hydrogens is 294 g/mol. The van der Waals surface area contributed by atoms with Crippen molar-refractivity contribution >= 4 is 11.9 Å². The van der Waals surface area contributed by atoms with E-state index in [1.807, 2.05) is 12.1 Å². The molecule has 0 aromatic heterocycles. The van der Waals surface area contributed by atoms with Gasteiger partial charge in [-0.25, -0.2) is 4.79 Å². The number of β-amino-alcohol motifs (C(OH)–C–C–N with tert-alkyl or cyclic N) is 1. The summed E-state index contributed by atoms with van der Waals surface area (Å²) in [5.74, 6) is -0.287. The number of fused-ring (bicyclic) bond motifs is 1.